The van der Waals surface area contributed by atoms with Crippen LogP contribution in [-0.2, 0) is 6.42 Å². The van der Waals surface area contributed by atoms with Crippen molar-refractivity contribution in [2.45, 2.75) is 19.4 Å². The minimum absolute atomic E-state index is 0.466. The lowest BCUT2D eigenvalue weighted by atomic mass is 10.0. The van der Waals surface area contributed by atoms with Crippen molar-refractivity contribution < 1.29 is 9.47 Å². The van der Waals surface area contributed by atoms with E-state index in [-0.39, 0.29) is 0 Å². The molecule has 0 aromatic heterocycles. The number of hydrogen-bond acceptors (Lipinski definition) is 3. The molecule has 0 fully saturated rings. The summed E-state index contributed by atoms with van der Waals surface area (Å²) in [6.07, 6.45) is 0.948. The van der Waals surface area contributed by atoms with Gasteiger partial charge in [-0.25, -0.2) is 0 Å². The van der Waals surface area contributed by atoms with E-state index in [1.54, 1.807) is 14.2 Å². The molecule has 1 rings (SSSR count). The normalized spacial score (nSPS) is 12.6. The molecule has 0 aliphatic carbocycles. The molecule has 0 radical (unpaired) electrons. The highest BCUT2D eigenvalue weighted by molar-refractivity contribution is 14.1. The number of ether oxygens (including phenoxy) is 2. The Bertz CT molecular complexity index is 380. The van der Waals surface area contributed by atoms with Gasteiger partial charge in [-0.1, -0.05) is 0 Å². The van der Waals surface area contributed by atoms with E-state index in [9.17, 15) is 0 Å². The van der Waals surface area contributed by atoms with E-state index in [0.717, 1.165) is 21.5 Å². The Kier molecular flexibility index (Phi) is 5.52. The molecule has 1 aromatic rings. The third-order valence-electron chi connectivity index (χ3n) is 2.95. The molecule has 0 aliphatic rings. The van der Waals surface area contributed by atoms with Gasteiger partial charge in [0.25, 0.3) is 0 Å². The van der Waals surface area contributed by atoms with Crippen LogP contribution in [0.3, 0.4) is 0 Å². The van der Waals surface area contributed by atoms with E-state index >= 15 is 0 Å². The van der Waals surface area contributed by atoms with Gasteiger partial charge in [0.15, 0.2) is 0 Å². The first-order valence-electron chi connectivity index (χ1n) is 5.56. The minimum atomic E-state index is 0.466. The number of nitrogens with zero attached hydrogens (tertiary/aromatic N) is 1. The zero-order valence-corrected chi connectivity index (χ0v) is 13.2. The summed E-state index contributed by atoms with van der Waals surface area (Å²) >= 11 is 2.26. The van der Waals surface area contributed by atoms with Crippen LogP contribution in [0.5, 0.6) is 11.5 Å². The van der Waals surface area contributed by atoms with E-state index in [0.29, 0.717) is 6.04 Å². The lowest BCUT2D eigenvalue weighted by Gasteiger charge is -2.21. The van der Waals surface area contributed by atoms with Gasteiger partial charge in [-0.05, 0) is 67.7 Å². The fraction of sp³-hybridized carbons (Fsp3) is 0.538. The fourth-order valence-corrected chi connectivity index (χ4v) is 2.24. The molecule has 4 heteroatoms. The van der Waals surface area contributed by atoms with Crippen LogP contribution in [0.15, 0.2) is 12.1 Å². The van der Waals surface area contributed by atoms with E-state index < -0.39 is 0 Å². The van der Waals surface area contributed by atoms with Gasteiger partial charge in [-0.15, -0.1) is 0 Å². The van der Waals surface area contributed by atoms with Crippen LogP contribution in [0.2, 0.25) is 0 Å². The van der Waals surface area contributed by atoms with E-state index in [2.05, 4.69) is 54.6 Å². The van der Waals surface area contributed by atoms with Crippen LogP contribution in [-0.4, -0.2) is 39.3 Å². The molecule has 1 aromatic carbocycles. The Labute approximate surface area is 117 Å². The number of benzene rings is 1. The maximum atomic E-state index is 5.43. The summed E-state index contributed by atoms with van der Waals surface area (Å²) in [4.78, 5) is 2.20. The number of likely N-dealkylation sites (N-methyl/N-ethyl adjacent to an activating group) is 1. The zero-order valence-electron chi connectivity index (χ0n) is 11.1. The van der Waals surface area contributed by atoms with Crippen LogP contribution in [0.4, 0.5) is 0 Å². The number of halogens is 1. The summed E-state index contributed by atoms with van der Waals surface area (Å²) in [5.74, 6) is 1.84. The highest BCUT2D eigenvalue weighted by Crippen LogP contribution is 2.30. The van der Waals surface area contributed by atoms with Gasteiger partial charge in [-0.3, -0.25) is 0 Å². The van der Waals surface area contributed by atoms with Crippen LogP contribution >= 0.6 is 22.6 Å². The number of rotatable bonds is 5. The first-order chi connectivity index (χ1) is 7.99. The van der Waals surface area contributed by atoms with Gasteiger partial charge in [0.2, 0.25) is 0 Å². The predicted octanol–water partition coefficient (Wildman–Crippen LogP) is 2.80. The van der Waals surface area contributed by atoms with Gasteiger partial charge in [-0.2, -0.15) is 0 Å². The molecule has 0 saturated carbocycles. The number of hydrogen-bond donors (Lipinski definition) is 0. The third kappa shape index (κ3) is 3.74. The summed E-state index contributed by atoms with van der Waals surface area (Å²) in [6, 6.07) is 4.56. The lowest BCUT2D eigenvalue weighted by Crippen LogP contribution is -2.26. The lowest BCUT2D eigenvalue weighted by molar-refractivity contribution is 0.308. The van der Waals surface area contributed by atoms with Crippen LogP contribution in [0, 0.1) is 3.57 Å². The highest BCUT2D eigenvalue weighted by atomic mass is 127. The van der Waals surface area contributed by atoms with Crippen molar-refractivity contribution in [2.24, 2.45) is 0 Å². The SMILES string of the molecule is COc1cc(CC(C)N(C)C)c(OC)cc1I. The average molecular weight is 349 g/mol. The van der Waals surface area contributed by atoms with Crippen molar-refractivity contribution in [3.8, 4) is 11.5 Å². The molecule has 0 spiro atoms. The first kappa shape index (κ1) is 14.6. The Morgan fingerprint density at radius 3 is 2.24 bits per heavy atom. The molecule has 1 unspecified atom stereocenters. The number of methoxy groups -OCH3 is 2. The molecular formula is C13H20INO2. The summed E-state index contributed by atoms with van der Waals surface area (Å²) in [5, 5.41) is 0. The molecular weight excluding hydrogens is 329 g/mol. The maximum absolute atomic E-state index is 5.43. The zero-order chi connectivity index (χ0) is 13.0. The standard InChI is InChI=1S/C13H20INO2/c1-9(15(2)3)6-10-7-13(17-5)11(14)8-12(10)16-4/h7-9H,6H2,1-5H3. The molecule has 0 saturated heterocycles. The van der Waals surface area contributed by atoms with Gasteiger partial charge in [0, 0.05) is 6.04 Å². The Balaban J connectivity index is 3.04. The van der Waals surface area contributed by atoms with Crippen LogP contribution < -0.4 is 9.47 Å². The van der Waals surface area contributed by atoms with Gasteiger partial charge in [0.05, 0.1) is 17.8 Å². The van der Waals surface area contributed by atoms with Crippen molar-refractivity contribution >= 4 is 22.6 Å². The summed E-state index contributed by atoms with van der Waals surface area (Å²) < 4.78 is 11.9. The molecule has 17 heavy (non-hydrogen) atoms. The Hall–Kier alpha value is -0.490. The van der Waals surface area contributed by atoms with Crippen molar-refractivity contribution in [1.82, 2.24) is 4.90 Å². The van der Waals surface area contributed by atoms with Gasteiger partial charge in [0.1, 0.15) is 11.5 Å². The molecule has 1 atom stereocenters. The smallest absolute Gasteiger partial charge is 0.132 e. The molecule has 3 nitrogen and oxygen atoms in total. The fourth-order valence-electron chi connectivity index (χ4n) is 1.58. The Morgan fingerprint density at radius 2 is 1.76 bits per heavy atom. The summed E-state index contributed by atoms with van der Waals surface area (Å²) in [7, 11) is 7.58. The highest BCUT2D eigenvalue weighted by Gasteiger charge is 2.13. The topological polar surface area (TPSA) is 21.7 Å². The second kappa shape index (κ2) is 6.44. The predicted molar refractivity (Wildman–Crippen MR) is 79.1 cm³/mol. The molecule has 0 bridgehead atoms. The van der Waals surface area contributed by atoms with Crippen LogP contribution in [0.25, 0.3) is 0 Å². The molecule has 0 N–H and O–H groups in total. The molecule has 0 heterocycles. The van der Waals surface area contributed by atoms with Gasteiger partial charge < -0.3 is 14.4 Å². The monoisotopic (exact) mass is 349 g/mol. The third-order valence-corrected chi connectivity index (χ3v) is 3.79. The van der Waals surface area contributed by atoms with Crippen molar-refractivity contribution in [2.75, 3.05) is 28.3 Å². The first-order valence-corrected chi connectivity index (χ1v) is 6.64. The van der Waals surface area contributed by atoms with Crippen molar-refractivity contribution in [3.05, 3.63) is 21.3 Å². The van der Waals surface area contributed by atoms with E-state index in [1.165, 1.54) is 5.56 Å². The summed E-state index contributed by atoms with van der Waals surface area (Å²) in [6.45, 7) is 2.20. The molecule has 0 amide bonds. The van der Waals surface area contributed by atoms with E-state index in [4.69, 9.17) is 9.47 Å². The molecule has 0 aliphatic heterocycles. The average Bonchev–Trinajstić information content (AvgIpc) is 2.30. The maximum Gasteiger partial charge on any atom is 0.132 e. The van der Waals surface area contributed by atoms with Gasteiger partial charge >= 0.3 is 0 Å². The van der Waals surface area contributed by atoms with Crippen molar-refractivity contribution in [3.63, 3.8) is 0 Å². The second-order valence-electron chi connectivity index (χ2n) is 4.32. The van der Waals surface area contributed by atoms with E-state index in [1.807, 2.05) is 6.07 Å². The van der Waals surface area contributed by atoms with Crippen LogP contribution in [0.1, 0.15) is 12.5 Å². The summed E-state index contributed by atoms with van der Waals surface area (Å²) in [5.41, 5.74) is 1.19. The molecule has 96 valence electrons. The second-order valence-corrected chi connectivity index (χ2v) is 5.48. The minimum Gasteiger partial charge on any atom is -0.496 e. The Morgan fingerprint density at radius 1 is 1.18 bits per heavy atom. The van der Waals surface area contributed by atoms with Crippen molar-refractivity contribution in [1.29, 1.82) is 0 Å². The largest absolute Gasteiger partial charge is 0.496 e. The quantitative estimate of drug-likeness (QED) is 0.763.